The monoisotopic (exact) mass is 238 g/mol. The molecule has 0 heterocycles. The van der Waals surface area contributed by atoms with Crippen LogP contribution in [0.4, 0.5) is 0 Å². The van der Waals surface area contributed by atoms with Crippen molar-refractivity contribution in [2.75, 3.05) is 13.1 Å². The van der Waals surface area contributed by atoms with Gasteiger partial charge in [-0.3, -0.25) is 4.79 Å². The molecule has 3 nitrogen and oxygen atoms in total. The number of rotatable bonds is 4. The molecule has 2 rings (SSSR count). The molecule has 3 heteroatoms. The molecule has 98 valence electrons. The van der Waals surface area contributed by atoms with E-state index >= 15 is 0 Å². The number of nitrogens with one attached hydrogen (secondary N) is 1. The minimum atomic E-state index is 0.240. The van der Waals surface area contributed by atoms with Crippen LogP contribution in [0.2, 0.25) is 0 Å². The van der Waals surface area contributed by atoms with E-state index in [1.165, 1.54) is 25.7 Å². The molecule has 2 fully saturated rings. The van der Waals surface area contributed by atoms with E-state index in [0.717, 1.165) is 19.5 Å². The van der Waals surface area contributed by atoms with Gasteiger partial charge in [0, 0.05) is 12.5 Å². The van der Waals surface area contributed by atoms with Crippen molar-refractivity contribution >= 4 is 5.91 Å². The maximum absolute atomic E-state index is 11.9. The molecule has 2 aliphatic carbocycles. The maximum atomic E-state index is 11.9. The summed E-state index contributed by atoms with van der Waals surface area (Å²) in [5.74, 6) is 1.74. The van der Waals surface area contributed by atoms with Gasteiger partial charge in [-0.2, -0.15) is 0 Å². The molecule has 17 heavy (non-hydrogen) atoms. The third-order valence-corrected chi connectivity index (χ3v) is 4.74. The summed E-state index contributed by atoms with van der Waals surface area (Å²) in [6.45, 7) is 5.95. The highest BCUT2D eigenvalue weighted by Crippen LogP contribution is 2.51. The Bertz CT molecular complexity index is 288. The van der Waals surface area contributed by atoms with Crippen LogP contribution in [0.25, 0.3) is 0 Å². The zero-order valence-corrected chi connectivity index (χ0v) is 11.2. The molecule has 2 saturated carbocycles. The predicted octanol–water partition coefficient (Wildman–Crippen LogP) is 1.91. The lowest BCUT2D eigenvalue weighted by atomic mass is 9.79. The first kappa shape index (κ1) is 12.9. The molecule has 0 bridgehead atoms. The van der Waals surface area contributed by atoms with Crippen molar-refractivity contribution in [1.82, 2.24) is 5.32 Å². The topological polar surface area (TPSA) is 55.1 Å². The van der Waals surface area contributed by atoms with E-state index in [1.54, 1.807) is 0 Å². The molecular weight excluding hydrogens is 212 g/mol. The summed E-state index contributed by atoms with van der Waals surface area (Å²) in [5, 5.41) is 3.14. The van der Waals surface area contributed by atoms with Crippen LogP contribution in [0.15, 0.2) is 0 Å². The van der Waals surface area contributed by atoms with Gasteiger partial charge in [0.2, 0.25) is 5.91 Å². The van der Waals surface area contributed by atoms with Gasteiger partial charge in [-0.1, -0.05) is 26.7 Å². The van der Waals surface area contributed by atoms with Crippen LogP contribution >= 0.6 is 0 Å². The number of hydrogen-bond donors (Lipinski definition) is 2. The Labute approximate surface area is 105 Å². The minimum absolute atomic E-state index is 0.240. The van der Waals surface area contributed by atoms with Crippen molar-refractivity contribution in [1.29, 1.82) is 0 Å². The summed E-state index contributed by atoms with van der Waals surface area (Å²) < 4.78 is 0. The zero-order valence-electron chi connectivity index (χ0n) is 11.2. The number of carbonyl (C=O) groups is 1. The Hall–Kier alpha value is -0.570. The highest BCUT2D eigenvalue weighted by Gasteiger charge is 2.50. The van der Waals surface area contributed by atoms with E-state index in [9.17, 15) is 4.79 Å². The summed E-state index contributed by atoms with van der Waals surface area (Å²) in [7, 11) is 0. The van der Waals surface area contributed by atoms with Crippen LogP contribution in [0.3, 0.4) is 0 Å². The lowest BCUT2D eigenvalue weighted by Crippen LogP contribution is -2.37. The molecule has 3 unspecified atom stereocenters. The first-order chi connectivity index (χ1) is 8.04. The lowest BCUT2D eigenvalue weighted by Gasteiger charge is -2.30. The van der Waals surface area contributed by atoms with Gasteiger partial charge < -0.3 is 11.1 Å². The Morgan fingerprint density at radius 3 is 2.41 bits per heavy atom. The molecule has 2 aliphatic rings. The Morgan fingerprint density at radius 1 is 1.29 bits per heavy atom. The largest absolute Gasteiger partial charge is 0.356 e. The fourth-order valence-electron chi connectivity index (χ4n) is 3.13. The molecule has 0 aromatic rings. The zero-order chi connectivity index (χ0) is 12.5. The van der Waals surface area contributed by atoms with Gasteiger partial charge in [0.1, 0.15) is 0 Å². The Balaban J connectivity index is 1.75. The first-order valence-electron chi connectivity index (χ1n) is 7.02. The van der Waals surface area contributed by atoms with Crippen molar-refractivity contribution in [3.05, 3.63) is 0 Å². The summed E-state index contributed by atoms with van der Waals surface area (Å²) in [6.07, 6.45) is 6.12. The standard InChI is InChI=1S/C14H26N2O/c1-14(2)7-12(14)13(17)16-9-11-6-4-3-5-10(11)8-15/h10-12H,3-9,15H2,1-2H3,(H,16,17). The maximum Gasteiger partial charge on any atom is 0.223 e. The lowest BCUT2D eigenvalue weighted by molar-refractivity contribution is -0.123. The minimum Gasteiger partial charge on any atom is -0.356 e. The van der Waals surface area contributed by atoms with Crippen LogP contribution in [-0.2, 0) is 4.79 Å². The van der Waals surface area contributed by atoms with Crippen LogP contribution in [0.1, 0.15) is 46.0 Å². The molecule has 3 N–H and O–H groups in total. The normalized spacial score (nSPS) is 35.4. The van der Waals surface area contributed by atoms with E-state index < -0.39 is 0 Å². The number of amides is 1. The van der Waals surface area contributed by atoms with E-state index in [1.807, 2.05) is 0 Å². The number of hydrogen-bond acceptors (Lipinski definition) is 2. The second kappa shape index (κ2) is 4.97. The van der Waals surface area contributed by atoms with E-state index in [2.05, 4.69) is 19.2 Å². The second-order valence-electron chi connectivity index (χ2n) is 6.53. The van der Waals surface area contributed by atoms with Crippen LogP contribution in [0, 0.1) is 23.2 Å². The molecular formula is C14H26N2O. The molecule has 3 atom stereocenters. The van der Waals surface area contributed by atoms with Crippen LogP contribution in [-0.4, -0.2) is 19.0 Å². The molecule has 1 amide bonds. The van der Waals surface area contributed by atoms with Gasteiger partial charge in [0.15, 0.2) is 0 Å². The molecule has 0 radical (unpaired) electrons. The predicted molar refractivity (Wildman–Crippen MR) is 69.4 cm³/mol. The van der Waals surface area contributed by atoms with Crippen molar-refractivity contribution in [2.24, 2.45) is 28.9 Å². The average Bonchev–Trinajstić information content (AvgIpc) is 2.96. The summed E-state index contributed by atoms with van der Waals surface area (Å²) in [6, 6.07) is 0. The van der Waals surface area contributed by atoms with Gasteiger partial charge in [-0.25, -0.2) is 0 Å². The third-order valence-electron chi connectivity index (χ3n) is 4.74. The molecule has 0 spiro atoms. The summed E-state index contributed by atoms with van der Waals surface area (Å²) >= 11 is 0. The fraction of sp³-hybridized carbons (Fsp3) is 0.929. The van der Waals surface area contributed by atoms with Gasteiger partial charge in [0.25, 0.3) is 0 Å². The molecule has 0 aliphatic heterocycles. The summed E-state index contributed by atoms with van der Waals surface area (Å²) in [5.41, 5.74) is 6.04. The highest BCUT2D eigenvalue weighted by molar-refractivity contribution is 5.82. The van der Waals surface area contributed by atoms with Crippen LogP contribution in [0.5, 0.6) is 0 Å². The van der Waals surface area contributed by atoms with E-state index in [4.69, 9.17) is 5.73 Å². The van der Waals surface area contributed by atoms with Crippen LogP contribution < -0.4 is 11.1 Å². The Morgan fingerprint density at radius 2 is 1.88 bits per heavy atom. The molecule has 0 saturated heterocycles. The number of nitrogens with two attached hydrogens (primary N) is 1. The second-order valence-corrected chi connectivity index (χ2v) is 6.53. The first-order valence-corrected chi connectivity index (χ1v) is 7.02. The SMILES string of the molecule is CC1(C)CC1C(=O)NCC1CCCCC1CN. The molecule has 0 aromatic heterocycles. The van der Waals surface area contributed by atoms with Gasteiger partial charge >= 0.3 is 0 Å². The smallest absolute Gasteiger partial charge is 0.223 e. The van der Waals surface area contributed by atoms with Crippen molar-refractivity contribution in [3.63, 3.8) is 0 Å². The highest BCUT2D eigenvalue weighted by atomic mass is 16.2. The Kier molecular flexibility index (Phi) is 3.76. The van der Waals surface area contributed by atoms with Crippen molar-refractivity contribution in [3.8, 4) is 0 Å². The number of carbonyl (C=O) groups excluding carboxylic acids is 1. The fourth-order valence-corrected chi connectivity index (χ4v) is 3.13. The quantitative estimate of drug-likeness (QED) is 0.786. The van der Waals surface area contributed by atoms with E-state index in [-0.39, 0.29) is 17.2 Å². The summed E-state index contributed by atoms with van der Waals surface area (Å²) in [4.78, 5) is 11.9. The van der Waals surface area contributed by atoms with Crippen molar-refractivity contribution in [2.45, 2.75) is 46.0 Å². The van der Waals surface area contributed by atoms with Gasteiger partial charge in [-0.15, -0.1) is 0 Å². The van der Waals surface area contributed by atoms with E-state index in [0.29, 0.717) is 11.8 Å². The third kappa shape index (κ3) is 3.01. The molecule has 0 aromatic carbocycles. The van der Waals surface area contributed by atoms with Gasteiger partial charge in [-0.05, 0) is 43.1 Å². The van der Waals surface area contributed by atoms with Crippen molar-refractivity contribution < 1.29 is 4.79 Å². The average molecular weight is 238 g/mol. The van der Waals surface area contributed by atoms with Gasteiger partial charge in [0.05, 0.1) is 0 Å².